The van der Waals surface area contributed by atoms with Crippen molar-refractivity contribution in [3.63, 3.8) is 0 Å². The SMILES string of the molecule is Cc1cc(NC(C)C(C)CN)c2ccccc2n1. The number of hydrogen-bond acceptors (Lipinski definition) is 3. The Bertz CT molecular complexity index is 536. The molecule has 1 aromatic heterocycles. The fraction of sp³-hybridized carbons (Fsp3) is 0.400. The van der Waals surface area contributed by atoms with Gasteiger partial charge in [-0.25, -0.2) is 0 Å². The Hall–Kier alpha value is -1.61. The van der Waals surface area contributed by atoms with Gasteiger partial charge in [-0.3, -0.25) is 4.98 Å². The number of aromatic nitrogens is 1. The van der Waals surface area contributed by atoms with Gasteiger partial charge in [0.05, 0.1) is 5.52 Å². The first-order valence-corrected chi connectivity index (χ1v) is 6.45. The Balaban J connectivity index is 2.38. The molecular weight excluding hydrogens is 222 g/mol. The Kier molecular flexibility index (Phi) is 3.82. The molecule has 0 saturated carbocycles. The van der Waals surface area contributed by atoms with Crippen LogP contribution in [0.1, 0.15) is 19.5 Å². The molecule has 2 unspecified atom stereocenters. The third-order valence-electron chi connectivity index (χ3n) is 3.45. The maximum absolute atomic E-state index is 5.72. The summed E-state index contributed by atoms with van der Waals surface area (Å²) in [6.07, 6.45) is 0. The Morgan fingerprint density at radius 3 is 2.72 bits per heavy atom. The van der Waals surface area contributed by atoms with Gasteiger partial charge >= 0.3 is 0 Å². The van der Waals surface area contributed by atoms with Crippen molar-refractivity contribution in [3.05, 3.63) is 36.0 Å². The van der Waals surface area contributed by atoms with Gasteiger partial charge in [0.25, 0.3) is 0 Å². The van der Waals surface area contributed by atoms with Crippen LogP contribution in [0.4, 0.5) is 5.69 Å². The Morgan fingerprint density at radius 1 is 1.28 bits per heavy atom. The molecule has 0 spiro atoms. The lowest BCUT2D eigenvalue weighted by Gasteiger charge is -2.22. The van der Waals surface area contributed by atoms with Crippen molar-refractivity contribution >= 4 is 16.6 Å². The van der Waals surface area contributed by atoms with Crippen LogP contribution in [0.15, 0.2) is 30.3 Å². The van der Waals surface area contributed by atoms with Crippen LogP contribution in [0, 0.1) is 12.8 Å². The lowest BCUT2D eigenvalue weighted by atomic mass is 10.0. The van der Waals surface area contributed by atoms with E-state index in [2.05, 4.69) is 36.3 Å². The molecule has 2 atom stereocenters. The topological polar surface area (TPSA) is 50.9 Å². The zero-order valence-corrected chi connectivity index (χ0v) is 11.3. The fourth-order valence-electron chi connectivity index (χ4n) is 2.02. The highest BCUT2D eigenvalue weighted by Gasteiger charge is 2.12. The number of rotatable bonds is 4. The van der Waals surface area contributed by atoms with Gasteiger partial charge in [-0.15, -0.1) is 0 Å². The number of anilines is 1. The normalized spacial score (nSPS) is 14.4. The summed E-state index contributed by atoms with van der Waals surface area (Å²) in [6, 6.07) is 10.7. The lowest BCUT2D eigenvalue weighted by molar-refractivity contribution is 0.522. The molecule has 2 aromatic rings. The number of pyridine rings is 1. The van der Waals surface area contributed by atoms with Gasteiger partial charge in [0.2, 0.25) is 0 Å². The molecule has 0 aliphatic carbocycles. The van der Waals surface area contributed by atoms with Crippen LogP contribution in [0.5, 0.6) is 0 Å². The highest BCUT2D eigenvalue weighted by atomic mass is 14.9. The van der Waals surface area contributed by atoms with E-state index in [0.29, 0.717) is 18.5 Å². The minimum absolute atomic E-state index is 0.347. The van der Waals surface area contributed by atoms with Gasteiger partial charge in [-0.1, -0.05) is 25.1 Å². The van der Waals surface area contributed by atoms with E-state index in [-0.39, 0.29) is 0 Å². The average molecular weight is 243 g/mol. The Labute approximate surface area is 108 Å². The van der Waals surface area contributed by atoms with Crippen molar-refractivity contribution in [1.29, 1.82) is 0 Å². The number of benzene rings is 1. The van der Waals surface area contributed by atoms with Crippen molar-refractivity contribution in [3.8, 4) is 0 Å². The molecule has 3 heteroatoms. The van der Waals surface area contributed by atoms with E-state index in [1.165, 1.54) is 5.39 Å². The van der Waals surface area contributed by atoms with Crippen LogP contribution in [0.3, 0.4) is 0 Å². The number of nitrogens with one attached hydrogen (secondary N) is 1. The molecule has 3 N–H and O–H groups in total. The van der Waals surface area contributed by atoms with E-state index in [4.69, 9.17) is 5.73 Å². The summed E-state index contributed by atoms with van der Waals surface area (Å²) in [7, 11) is 0. The minimum atomic E-state index is 0.347. The van der Waals surface area contributed by atoms with Crippen molar-refractivity contribution in [2.75, 3.05) is 11.9 Å². The molecule has 0 aliphatic heterocycles. The lowest BCUT2D eigenvalue weighted by Crippen LogP contribution is -2.29. The zero-order chi connectivity index (χ0) is 13.1. The first-order valence-electron chi connectivity index (χ1n) is 6.45. The first kappa shape index (κ1) is 12.8. The number of hydrogen-bond donors (Lipinski definition) is 2. The number of fused-ring (bicyclic) bond motifs is 1. The summed E-state index contributed by atoms with van der Waals surface area (Å²) in [5.41, 5.74) is 8.93. The highest BCUT2D eigenvalue weighted by Crippen LogP contribution is 2.24. The van der Waals surface area contributed by atoms with Crippen LogP contribution >= 0.6 is 0 Å². The van der Waals surface area contributed by atoms with Gasteiger partial charge in [0.15, 0.2) is 0 Å². The van der Waals surface area contributed by atoms with Gasteiger partial charge < -0.3 is 11.1 Å². The predicted molar refractivity (Wildman–Crippen MR) is 77.8 cm³/mol. The monoisotopic (exact) mass is 243 g/mol. The van der Waals surface area contributed by atoms with Crippen LogP contribution in [-0.4, -0.2) is 17.6 Å². The summed E-state index contributed by atoms with van der Waals surface area (Å²) in [5.74, 6) is 0.442. The number of aryl methyl sites for hydroxylation is 1. The molecule has 96 valence electrons. The largest absolute Gasteiger partial charge is 0.382 e. The molecule has 18 heavy (non-hydrogen) atoms. The van der Waals surface area contributed by atoms with Gasteiger partial charge in [0, 0.05) is 22.8 Å². The van der Waals surface area contributed by atoms with E-state index < -0.39 is 0 Å². The van der Waals surface area contributed by atoms with Crippen LogP contribution in [0.2, 0.25) is 0 Å². The molecule has 0 radical (unpaired) electrons. The molecule has 0 fully saturated rings. The van der Waals surface area contributed by atoms with E-state index in [9.17, 15) is 0 Å². The summed E-state index contributed by atoms with van der Waals surface area (Å²) in [5, 5.41) is 4.72. The molecule has 0 amide bonds. The third kappa shape index (κ3) is 2.62. The highest BCUT2D eigenvalue weighted by molar-refractivity contribution is 5.91. The van der Waals surface area contributed by atoms with Crippen LogP contribution < -0.4 is 11.1 Å². The molecule has 1 aromatic carbocycles. The maximum atomic E-state index is 5.72. The van der Waals surface area contributed by atoms with Crippen molar-refractivity contribution < 1.29 is 0 Å². The maximum Gasteiger partial charge on any atom is 0.0725 e. The van der Waals surface area contributed by atoms with E-state index in [1.54, 1.807) is 0 Å². The summed E-state index contributed by atoms with van der Waals surface area (Å²) in [4.78, 5) is 4.54. The molecule has 2 rings (SSSR count). The predicted octanol–water partition coefficient (Wildman–Crippen LogP) is 2.94. The van der Waals surface area contributed by atoms with Crippen LogP contribution in [-0.2, 0) is 0 Å². The molecule has 3 nitrogen and oxygen atoms in total. The molecule has 0 bridgehead atoms. The second-order valence-corrected chi connectivity index (χ2v) is 4.97. The van der Waals surface area contributed by atoms with Crippen molar-refractivity contribution in [2.24, 2.45) is 11.7 Å². The zero-order valence-electron chi connectivity index (χ0n) is 11.3. The molecule has 1 heterocycles. The second kappa shape index (κ2) is 5.36. The van der Waals surface area contributed by atoms with Crippen molar-refractivity contribution in [1.82, 2.24) is 4.98 Å². The standard InChI is InChI=1S/C15H21N3/c1-10(9-16)12(3)18-15-8-11(2)17-14-7-5-4-6-13(14)15/h4-8,10,12H,9,16H2,1-3H3,(H,17,18). The number of para-hydroxylation sites is 1. The molecule has 0 aliphatic rings. The summed E-state index contributed by atoms with van der Waals surface area (Å²) >= 11 is 0. The van der Waals surface area contributed by atoms with Crippen molar-refractivity contribution in [2.45, 2.75) is 26.8 Å². The van der Waals surface area contributed by atoms with Gasteiger partial charge in [-0.2, -0.15) is 0 Å². The Morgan fingerprint density at radius 2 is 2.00 bits per heavy atom. The first-order chi connectivity index (χ1) is 8.61. The minimum Gasteiger partial charge on any atom is -0.382 e. The third-order valence-corrected chi connectivity index (χ3v) is 3.45. The van der Waals surface area contributed by atoms with Crippen LogP contribution in [0.25, 0.3) is 10.9 Å². The molecule has 0 saturated heterocycles. The second-order valence-electron chi connectivity index (χ2n) is 4.97. The molecular formula is C15H21N3. The summed E-state index contributed by atoms with van der Waals surface area (Å²) < 4.78 is 0. The number of nitrogens with two attached hydrogens (primary N) is 1. The summed E-state index contributed by atoms with van der Waals surface area (Å²) in [6.45, 7) is 7.04. The fourth-order valence-corrected chi connectivity index (χ4v) is 2.02. The van der Waals surface area contributed by atoms with E-state index in [0.717, 1.165) is 16.9 Å². The number of nitrogens with zero attached hydrogens (tertiary/aromatic N) is 1. The average Bonchev–Trinajstić information content (AvgIpc) is 2.37. The van der Waals surface area contributed by atoms with E-state index >= 15 is 0 Å². The van der Waals surface area contributed by atoms with Gasteiger partial charge in [0.1, 0.15) is 0 Å². The van der Waals surface area contributed by atoms with E-state index in [1.807, 2.05) is 25.1 Å². The smallest absolute Gasteiger partial charge is 0.0725 e. The quantitative estimate of drug-likeness (QED) is 0.868. The van der Waals surface area contributed by atoms with Gasteiger partial charge in [-0.05, 0) is 38.4 Å².